The summed E-state index contributed by atoms with van der Waals surface area (Å²) in [5, 5.41) is 11.0. The highest BCUT2D eigenvalue weighted by Gasteiger charge is 2.55. The van der Waals surface area contributed by atoms with Crippen LogP contribution in [0.3, 0.4) is 0 Å². The molecule has 128 valence electrons. The maximum atomic E-state index is 14.0. The van der Waals surface area contributed by atoms with E-state index in [1.54, 1.807) is 5.32 Å². The molecular weight excluding hydrogens is 346 g/mol. The average Bonchev–Trinajstić information content (AvgIpc) is 2.49. The normalized spacial score (nSPS) is 14.1. The van der Waals surface area contributed by atoms with Gasteiger partial charge in [-0.25, -0.2) is 4.39 Å². The largest absolute Gasteiger partial charge is 0.426 e. The second kappa shape index (κ2) is 6.82. The van der Waals surface area contributed by atoms with Crippen molar-refractivity contribution >= 4 is 23.4 Å². The van der Waals surface area contributed by atoms with E-state index in [4.69, 9.17) is 0 Å². The summed E-state index contributed by atoms with van der Waals surface area (Å²) in [6.45, 7) is 0.305. The van der Waals surface area contributed by atoms with Crippen molar-refractivity contribution in [1.82, 2.24) is 0 Å². The van der Waals surface area contributed by atoms with Crippen molar-refractivity contribution in [2.75, 3.05) is 5.32 Å². The number of rotatable bonds is 4. The van der Waals surface area contributed by atoms with Crippen LogP contribution in [0.25, 0.3) is 0 Å². The predicted molar refractivity (Wildman–Crippen MR) is 82.3 cm³/mol. The molecule has 0 aliphatic rings. The fraction of sp³-hybridized carbons (Fsp3) is 0.188. The Bertz CT molecular complexity index is 733. The number of aliphatic hydroxyl groups is 1. The van der Waals surface area contributed by atoms with E-state index in [0.717, 1.165) is 17.0 Å². The molecule has 1 atom stereocenters. The highest BCUT2D eigenvalue weighted by Crippen LogP contribution is 2.33. The molecule has 0 aliphatic heterocycles. The van der Waals surface area contributed by atoms with Gasteiger partial charge in [-0.2, -0.15) is 13.2 Å². The Hall–Kier alpha value is -2.06. The van der Waals surface area contributed by atoms with Gasteiger partial charge in [-0.15, -0.1) is 0 Å². The maximum absolute atomic E-state index is 14.0. The topological polar surface area (TPSA) is 49.3 Å². The fourth-order valence-electron chi connectivity index (χ4n) is 1.66. The number of alkyl halides is 3. The molecule has 0 unspecified atom stereocenters. The van der Waals surface area contributed by atoms with Gasteiger partial charge in [0.25, 0.3) is 5.91 Å². The number of hydrogen-bond acceptors (Lipinski definition) is 3. The van der Waals surface area contributed by atoms with Gasteiger partial charge in [0.1, 0.15) is 5.82 Å². The lowest BCUT2D eigenvalue weighted by molar-refractivity contribution is -0.242. The third-order valence-corrected chi connectivity index (χ3v) is 4.16. The SMILES string of the molecule is C[C@@](O)(C(=O)Nc1ccc(Sc2ccccc2)cc1F)C(F)(F)F. The molecule has 0 heterocycles. The monoisotopic (exact) mass is 359 g/mol. The Morgan fingerprint density at radius 2 is 1.71 bits per heavy atom. The number of halogens is 4. The molecule has 2 aromatic carbocycles. The molecule has 2 aromatic rings. The zero-order valence-corrected chi connectivity index (χ0v) is 13.2. The van der Waals surface area contributed by atoms with Crippen LogP contribution in [-0.2, 0) is 4.79 Å². The van der Waals surface area contributed by atoms with Crippen molar-refractivity contribution in [3.8, 4) is 0 Å². The first-order chi connectivity index (χ1) is 11.1. The molecule has 0 radical (unpaired) electrons. The predicted octanol–water partition coefficient (Wildman–Crippen LogP) is 4.23. The molecule has 0 aliphatic carbocycles. The van der Waals surface area contributed by atoms with E-state index < -0.39 is 29.2 Å². The molecule has 0 spiro atoms. The quantitative estimate of drug-likeness (QED) is 0.804. The van der Waals surface area contributed by atoms with Crippen LogP contribution in [0.15, 0.2) is 58.3 Å². The first-order valence-corrected chi connectivity index (χ1v) is 7.56. The van der Waals surface area contributed by atoms with E-state index in [1.807, 2.05) is 30.3 Å². The number of nitrogens with one attached hydrogen (secondary N) is 1. The third-order valence-electron chi connectivity index (χ3n) is 3.16. The second-order valence-corrected chi connectivity index (χ2v) is 6.23. The summed E-state index contributed by atoms with van der Waals surface area (Å²) in [7, 11) is 0. The molecule has 8 heteroatoms. The summed E-state index contributed by atoms with van der Waals surface area (Å²) in [5.41, 5.74) is -4.06. The number of benzene rings is 2. The van der Waals surface area contributed by atoms with Crippen molar-refractivity contribution in [2.24, 2.45) is 0 Å². The van der Waals surface area contributed by atoms with Gasteiger partial charge in [0.2, 0.25) is 5.60 Å². The zero-order chi connectivity index (χ0) is 18.0. The minimum absolute atomic E-state index is 0.305. The highest BCUT2D eigenvalue weighted by atomic mass is 32.2. The number of anilines is 1. The minimum Gasteiger partial charge on any atom is -0.373 e. The first kappa shape index (κ1) is 18.3. The van der Waals surface area contributed by atoms with Gasteiger partial charge in [0.15, 0.2) is 0 Å². The third kappa shape index (κ3) is 4.07. The molecule has 0 saturated carbocycles. The van der Waals surface area contributed by atoms with Crippen LogP contribution in [0.4, 0.5) is 23.2 Å². The Balaban J connectivity index is 2.14. The van der Waals surface area contributed by atoms with Gasteiger partial charge in [0.05, 0.1) is 5.69 Å². The van der Waals surface area contributed by atoms with Gasteiger partial charge >= 0.3 is 6.18 Å². The summed E-state index contributed by atoms with van der Waals surface area (Å²) < 4.78 is 51.8. The number of amides is 1. The van der Waals surface area contributed by atoms with Crippen molar-refractivity contribution in [3.63, 3.8) is 0 Å². The van der Waals surface area contributed by atoms with Crippen molar-refractivity contribution in [2.45, 2.75) is 28.5 Å². The van der Waals surface area contributed by atoms with Gasteiger partial charge in [-0.3, -0.25) is 4.79 Å². The van der Waals surface area contributed by atoms with E-state index in [9.17, 15) is 27.5 Å². The average molecular weight is 359 g/mol. The Morgan fingerprint density at radius 3 is 2.25 bits per heavy atom. The molecule has 2 N–H and O–H groups in total. The van der Waals surface area contributed by atoms with Crippen molar-refractivity contribution in [3.05, 3.63) is 54.3 Å². The maximum Gasteiger partial charge on any atom is 0.426 e. The number of carbonyl (C=O) groups excluding carboxylic acids is 1. The van der Waals surface area contributed by atoms with Crippen LogP contribution >= 0.6 is 11.8 Å². The summed E-state index contributed by atoms with van der Waals surface area (Å²) in [6, 6.07) is 12.8. The van der Waals surface area contributed by atoms with Crippen molar-refractivity contribution < 1.29 is 27.5 Å². The smallest absolute Gasteiger partial charge is 0.373 e. The lowest BCUT2D eigenvalue weighted by Crippen LogP contribution is -2.52. The van der Waals surface area contributed by atoms with Gasteiger partial charge in [0, 0.05) is 9.79 Å². The first-order valence-electron chi connectivity index (χ1n) is 6.74. The lowest BCUT2D eigenvalue weighted by Gasteiger charge is -2.25. The van der Waals surface area contributed by atoms with E-state index >= 15 is 0 Å². The van der Waals surface area contributed by atoms with E-state index in [2.05, 4.69) is 0 Å². The van der Waals surface area contributed by atoms with Crippen LogP contribution in [0.5, 0.6) is 0 Å². The molecular formula is C16H13F4NO2S. The molecule has 1 amide bonds. The van der Waals surface area contributed by atoms with Crippen LogP contribution in [-0.4, -0.2) is 22.8 Å². The van der Waals surface area contributed by atoms with Crippen LogP contribution in [0.2, 0.25) is 0 Å². The number of hydrogen-bond donors (Lipinski definition) is 2. The van der Waals surface area contributed by atoms with Crippen LogP contribution < -0.4 is 5.32 Å². The molecule has 2 rings (SSSR count). The van der Waals surface area contributed by atoms with E-state index in [-0.39, 0.29) is 0 Å². The van der Waals surface area contributed by atoms with Crippen LogP contribution in [0.1, 0.15) is 6.92 Å². The molecule has 24 heavy (non-hydrogen) atoms. The Labute approximate surface area is 139 Å². The van der Waals surface area contributed by atoms with Gasteiger partial charge in [-0.1, -0.05) is 30.0 Å². The molecule has 0 fully saturated rings. The highest BCUT2D eigenvalue weighted by molar-refractivity contribution is 7.99. The van der Waals surface area contributed by atoms with E-state index in [1.165, 1.54) is 17.8 Å². The number of carbonyl (C=O) groups is 1. The van der Waals surface area contributed by atoms with Crippen LogP contribution in [0, 0.1) is 5.82 Å². The summed E-state index contributed by atoms with van der Waals surface area (Å²) in [6.07, 6.45) is -5.17. The van der Waals surface area contributed by atoms with Gasteiger partial charge in [-0.05, 0) is 37.3 Å². The second-order valence-electron chi connectivity index (χ2n) is 5.08. The molecule has 0 saturated heterocycles. The summed E-state index contributed by atoms with van der Waals surface area (Å²) in [4.78, 5) is 12.9. The molecule has 0 bridgehead atoms. The zero-order valence-electron chi connectivity index (χ0n) is 12.4. The Kier molecular flexibility index (Phi) is 5.19. The summed E-state index contributed by atoms with van der Waals surface area (Å²) >= 11 is 1.26. The summed E-state index contributed by atoms with van der Waals surface area (Å²) in [5.74, 6) is -2.65. The lowest BCUT2D eigenvalue weighted by atomic mass is 10.1. The fourth-order valence-corrected chi connectivity index (χ4v) is 2.52. The molecule has 3 nitrogen and oxygen atoms in total. The Morgan fingerprint density at radius 1 is 1.08 bits per heavy atom. The van der Waals surface area contributed by atoms with Crippen molar-refractivity contribution in [1.29, 1.82) is 0 Å². The van der Waals surface area contributed by atoms with E-state index in [0.29, 0.717) is 11.8 Å². The van der Waals surface area contributed by atoms with Gasteiger partial charge < -0.3 is 10.4 Å². The molecule has 0 aromatic heterocycles. The minimum atomic E-state index is -5.17. The standard InChI is InChI=1S/C16H13F4NO2S/c1-15(23,16(18,19)20)14(22)21-13-8-7-11(9-12(13)17)24-10-5-3-2-4-6-10/h2-9,23H,1H3,(H,21,22)/t15-/m1/s1.